The number of aliphatic hydroxyl groups is 2. The molecule has 0 radical (unpaired) electrons. The third kappa shape index (κ3) is 63.5. The molecule has 0 saturated heterocycles. The molecule has 0 aromatic carbocycles. The molecule has 0 saturated carbocycles. The topological polar surface area (TPSA) is 69.6 Å². The third-order valence-electron chi connectivity index (χ3n) is 14.7. The van der Waals surface area contributed by atoms with Crippen LogP contribution in [0.2, 0.25) is 0 Å². The maximum Gasteiger partial charge on any atom is 0.220 e. The van der Waals surface area contributed by atoms with E-state index in [4.69, 9.17) is 0 Å². The zero-order valence-electron chi connectivity index (χ0n) is 50.9. The summed E-state index contributed by atoms with van der Waals surface area (Å²) in [7, 11) is 0. The number of rotatable bonds is 60. The highest BCUT2D eigenvalue weighted by molar-refractivity contribution is 5.76. The van der Waals surface area contributed by atoms with Crippen molar-refractivity contribution in [3.05, 3.63) is 122 Å². The molecule has 442 valence electrons. The van der Waals surface area contributed by atoms with E-state index in [0.717, 1.165) is 83.5 Å². The molecule has 0 rings (SSSR count). The summed E-state index contributed by atoms with van der Waals surface area (Å²) in [5.74, 6) is -0.0774. The number of hydrogen-bond donors (Lipinski definition) is 3. The van der Waals surface area contributed by atoms with Gasteiger partial charge in [0.15, 0.2) is 0 Å². The Hall–Kier alpha value is -3.21. The van der Waals surface area contributed by atoms with Crippen LogP contribution in [-0.2, 0) is 4.79 Å². The minimum atomic E-state index is -0.872. The average molecular weight is 1070 g/mol. The predicted octanol–water partition coefficient (Wildman–Crippen LogP) is 22.8. The molecule has 0 aromatic rings. The lowest BCUT2D eigenvalue weighted by atomic mass is 10.0. The quantitative estimate of drug-likeness (QED) is 0.0420. The largest absolute Gasteiger partial charge is 0.394 e. The summed E-state index contributed by atoms with van der Waals surface area (Å²) < 4.78 is 0. The van der Waals surface area contributed by atoms with Crippen molar-refractivity contribution < 1.29 is 15.0 Å². The molecule has 0 aliphatic heterocycles. The van der Waals surface area contributed by atoms with Crippen molar-refractivity contribution in [2.24, 2.45) is 0 Å². The van der Waals surface area contributed by atoms with Crippen molar-refractivity contribution in [2.75, 3.05) is 6.61 Å². The smallest absolute Gasteiger partial charge is 0.220 e. The van der Waals surface area contributed by atoms with Crippen LogP contribution in [0.1, 0.15) is 316 Å². The van der Waals surface area contributed by atoms with Crippen LogP contribution in [0.5, 0.6) is 0 Å². The normalized spacial score (nSPS) is 13.6. The molecule has 77 heavy (non-hydrogen) atoms. The summed E-state index contributed by atoms with van der Waals surface area (Å²) in [4.78, 5) is 12.5. The van der Waals surface area contributed by atoms with Gasteiger partial charge in [-0.2, -0.15) is 0 Å². The first-order chi connectivity index (χ1) is 38.2. The molecule has 0 bridgehead atoms. The van der Waals surface area contributed by atoms with Crippen molar-refractivity contribution in [3.63, 3.8) is 0 Å². The Morgan fingerprint density at radius 3 is 0.909 bits per heavy atom. The van der Waals surface area contributed by atoms with Gasteiger partial charge in [0, 0.05) is 6.42 Å². The zero-order valence-corrected chi connectivity index (χ0v) is 50.9. The Morgan fingerprint density at radius 1 is 0.325 bits per heavy atom. The van der Waals surface area contributed by atoms with Gasteiger partial charge in [-0.25, -0.2) is 0 Å². The van der Waals surface area contributed by atoms with Gasteiger partial charge in [-0.15, -0.1) is 0 Å². The molecule has 2 unspecified atom stereocenters. The fourth-order valence-electron chi connectivity index (χ4n) is 9.68. The lowest BCUT2D eigenvalue weighted by Crippen LogP contribution is -2.45. The standard InChI is InChI=1S/C73H127NO3/c1-3-5-7-9-11-13-15-17-19-21-23-25-27-29-31-33-34-35-36-37-38-39-40-41-43-45-47-49-51-53-55-57-59-61-63-65-67-69-73(77)74-71(70-75)72(76)68-66-64-62-60-58-56-54-52-50-48-46-44-42-32-30-28-26-24-22-20-18-16-14-12-10-8-6-4-2/h5,7,11,13,17,19,23,25,29,31,34-35,37-38,40-41,58,60,66,68,71-72,75-76H,3-4,6,8-10,12,14-16,18,20-22,24,26-28,30,32-33,36,39,42-57,59,61-65,67,69-70H2,1-2H3,(H,74,77)/b7-5-,13-11-,19-17-,25-23-,31-29-,35-34-,38-37-,41-40-,60-58+,68-66+. The van der Waals surface area contributed by atoms with Crippen LogP contribution in [0.25, 0.3) is 0 Å². The van der Waals surface area contributed by atoms with Crippen molar-refractivity contribution in [1.82, 2.24) is 5.32 Å². The van der Waals surface area contributed by atoms with Gasteiger partial charge in [-0.05, 0) is 96.3 Å². The van der Waals surface area contributed by atoms with E-state index in [-0.39, 0.29) is 12.5 Å². The van der Waals surface area contributed by atoms with E-state index in [2.05, 4.69) is 129 Å². The van der Waals surface area contributed by atoms with Crippen molar-refractivity contribution in [2.45, 2.75) is 328 Å². The summed E-state index contributed by atoms with van der Waals surface area (Å²) >= 11 is 0. The first-order valence-corrected chi connectivity index (χ1v) is 33.2. The minimum absolute atomic E-state index is 0.0774. The molecule has 0 fully saturated rings. The number of allylic oxidation sites excluding steroid dienone is 19. The second kappa shape index (κ2) is 67.1. The predicted molar refractivity (Wildman–Crippen MR) is 345 cm³/mol. The Kier molecular flexibility index (Phi) is 64.3. The van der Waals surface area contributed by atoms with Gasteiger partial charge in [0.25, 0.3) is 0 Å². The van der Waals surface area contributed by atoms with Crippen LogP contribution in [-0.4, -0.2) is 34.9 Å². The maximum absolute atomic E-state index is 12.5. The summed E-state index contributed by atoms with van der Waals surface area (Å²) in [6.07, 6.45) is 103. The van der Waals surface area contributed by atoms with Crippen LogP contribution in [0.3, 0.4) is 0 Å². The molecular formula is C73H127NO3. The molecule has 2 atom stereocenters. The monoisotopic (exact) mass is 1070 g/mol. The van der Waals surface area contributed by atoms with E-state index >= 15 is 0 Å². The molecule has 1 amide bonds. The summed E-state index contributed by atoms with van der Waals surface area (Å²) in [5, 5.41) is 23.2. The average Bonchev–Trinajstić information content (AvgIpc) is 3.43. The molecule has 0 aromatic heterocycles. The highest BCUT2D eigenvalue weighted by Crippen LogP contribution is 2.17. The van der Waals surface area contributed by atoms with Crippen molar-refractivity contribution >= 4 is 5.91 Å². The zero-order chi connectivity index (χ0) is 55.5. The number of amides is 1. The van der Waals surface area contributed by atoms with E-state index < -0.39 is 12.1 Å². The number of nitrogens with one attached hydrogen (secondary N) is 1. The summed E-state index contributed by atoms with van der Waals surface area (Å²) in [6.45, 7) is 4.20. The summed E-state index contributed by atoms with van der Waals surface area (Å²) in [6, 6.07) is -0.649. The fraction of sp³-hybridized carbons (Fsp3) is 0.712. The van der Waals surface area contributed by atoms with Crippen molar-refractivity contribution in [3.8, 4) is 0 Å². The maximum atomic E-state index is 12.5. The van der Waals surface area contributed by atoms with Gasteiger partial charge < -0.3 is 15.5 Å². The van der Waals surface area contributed by atoms with Gasteiger partial charge in [0.05, 0.1) is 18.8 Å². The lowest BCUT2D eigenvalue weighted by Gasteiger charge is -2.19. The van der Waals surface area contributed by atoms with Gasteiger partial charge in [0.2, 0.25) is 5.91 Å². The number of aliphatic hydroxyl groups excluding tert-OH is 2. The third-order valence-corrected chi connectivity index (χ3v) is 14.7. The Bertz CT molecular complexity index is 1490. The van der Waals surface area contributed by atoms with E-state index in [0.29, 0.717) is 6.42 Å². The molecule has 0 heterocycles. The molecule has 0 spiro atoms. The van der Waals surface area contributed by atoms with Crippen LogP contribution in [0.4, 0.5) is 0 Å². The first-order valence-electron chi connectivity index (χ1n) is 33.2. The molecular weight excluding hydrogens is 939 g/mol. The number of carbonyl (C=O) groups excluding carboxylic acids is 1. The molecule has 3 N–H and O–H groups in total. The van der Waals surface area contributed by atoms with Crippen LogP contribution >= 0.6 is 0 Å². The van der Waals surface area contributed by atoms with E-state index in [1.807, 2.05) is 6.08 Å². The highest BCUT2D eigenvalue weighted by Gasteiger charge is 2.18. The molecule has 0 aliphatic carbocycles. The highest BCUT2D eigenvalue weighted by atomic mass is 16.3. The van der Waals surface area contributed by atoms with Crippen LogP contribution in [0, 0.1) is 0 Å². The summed E-state index contributed by atoms with van der Waals surface area (Å²) in [5.41, 5.74) is 0. The van der Waals surface area contributed by atoms with E-state index in [9.17, 15) is 15.0 Å². The van der Waals surface area contributed by atoms with Crippen LogP contribution < -0.4 is 5.32 Å². The second-order valence-corrected chi connectivity index (χ2v) is 22.1. The number of carbonyl (C=O) groups is 1. The van der Waals surface area contributed by atoms with Crippen molar-refractivity contribution in [1.29, 1.82) is 0 Å². The second-order valence-electron chi connectivity index (χ2n) is 22.1. The number of unbranched alkanes of at least 4 members (excludes halogenated alkanes) is 35. The van der Waals surface area contributed by atoms with E-state index in [1.165, 1.54) is 212 Å². The van der Waals surface area contributed by atoms with Gasteiger partial charge in [0.1, 0.15) is 0 Å². The molecule has 4 heteroatoms. The first kappa shape index (κ1) is 73.8. The Labute approximate surface area is 479 Å². The SMILES string of the molecule is CC/C=C\C/C=C\C/C=C\C/C=C\C/C=C\C/C=C\C/C=C\C/C=C\CCCCCCCCCCCCCCC(=O)NC(CO)C(O)/C=C/CC/C=C/CCCCCCCCCCCCCCCCCCCCCCCC. The number of hydrogen-bond acceptors (Lipinski definition) is 3. The Morgan fingerprint density at radius 2 is 0.584 bits per heavy atom. The molecule has 0 aliphatic rings. The Balaban J connectivity index is 3.56. The van der Waals surface area contributed by atoms with Gasteiger partial charge in [-0.3, -0.25) is 4.79 Å². The van der Waals surface area contributed by atoms with Gasteiger partial charge >= 0.3 is 0 Å². The molecule has 4 nitrogen and oxygen atoms in total. The lowest BCUT2D eigenvalue weighted by molar-refractivity contribution is -0.123. The fourth-order valence-corrected chi connectivity index (χ4v) is 9.68. The minimum Gasteiger partial charge on any atom is -0.394 e. The van der Waals surface area contributed by atoms with Crippen LogP contribution in [0.15, 0.2) is 122 Å². The van der Waals surface area contributed by atoms with Gasteiger partial charge in [-0.1, -0.05) is 334 Å². The van der Waals surface area contributed by atoms with E-state index in [1.54, 1.807) is 6.08 Å².